The number of rotatable bonds is 3. The van der Waals surface area contributed by atoms with Crippen LogP contribution in [0.5, 0.6) is 0 Å². The van der Waals surface area contributed by atoms with Gasteiger partial charge in [0.15, 0.2) is 5.82 Å². The van der Waals surface area contributed by atoms with Crippen molar-refractivity contribution in [2.24, 2.45) is 5.73 Å². The SMILES string of the molecule is Cc1nc(Cn2ccc3ccc(CN)cc32)no1. The lowest BCUT2D eigenvalue weighted by atomic mass is 10.1. The summed E-state index contributed by atoms with van der Waals surface area (Å²) in [6, 6.07) is 8.30. The van der Waals surface area contributed by atoms with Crippen molar-refractivity contribution in [1.82, 2.24) is 14.7 Å². The van der Waals surface area contributed by atoms with Gasteiger partial charge in [0.2, 0.25) is 5.89 Å². The molecule has 5 heteroatoms. The zero-order chi connectivity index (χ0) is 12.5. The van der Waals surface area contributed by atoms with Crippen LogP contribution in [0.15, 0.2) is 35.0 Å². The summed E-state index contributed by atoms with van der Waals surface area (Å²) >= 11 is 0. The maximum Gasteiger partial charge on any atom is 0.223 e. The van der Waals surface area contributed by atoms with E-state index in [0.717, 1.165) is 11.1 Å². The van der Waals surface area contributed by atoms with Gasteiger partial charge >= 0.3 is 0 Å². The Morgan fingerprint density at radius 2 is 2.22 bits per heavy atom. The number of hydrogen-bond donors (Lipinski definition) is 1. The van der Waals surface area contributed by atoms with Crippen LogP contribution in [-0.2, 0) is 13.1 Å². The van der Waals surface area contributed by atoms with Crippen LogP contribution in [0.1, 0.15) is 17.3 Å². The molecule has 0 fully saturated rings. The Kier molecular flexibility index (Phi) is 2.60. The molecule has 0 spiro atoms. The van der Waals surface area contributed by atoms with Crippen LogP contribution in [0.25, 0.3) is 10.9 Å². The summed E-state index contributed by atoms with van der Waals surface area (Å²) in [6.07, 6.45) is 2.02. The van der Waals surface area contributed by atoms with Gasteiger partial charge in [-0.3, -0.25) is 0 Å². The highest BCUT2D eigenvalue weighted by atomic mass is 16.5. The molecule has 18 heavy (non-hydrogen) atoms. The van der Waals surface area contributed by atoms with Crippen LogP contribution in [-0.4, -0.2) is 14.7 Å². The first-order chi connectivity index (χ1) is 8.76. The van der Waals surface area contributed by atoms with E-state index in [1.165, 1.54) is 5.39 Å². The van der Waals surface area contributed by atoms with E-state index < -0.39 is 0 Å². The van der Waals surface area contributed by atoms with Crippen LogP contribution < -0.4 is 5.73 Å². The molecule has 0 aliphatic carbocycles. The summed E-state index contributed by atoms with van der Waals surface area (Å²) in [7, 11) is 0. The fraction of sp³-hybridized carbons (Fsp3) is 0.231. The maximum atomic E-state index is 5.67. The van der Waals surface area contributed by atoms with Gasteiger partial charge < -0.3 is 14.8 Å². The van der Waals surface area contributed by atoms with Gasteiger partial charge in [-0.15, -0.1) is 0 Å². The normalized spacial score (nSPS) is 11.2. The average molecular weight is 242 g/mol. The summed E-state index contributed by atoms with van der Waals surface area (Å²) in [6.45, 7) is 2.94. The van der Waals surface area contributed by atoms with Crippen molar-refractivity contribution in [1.29, 1.82) is 0 Å². The molecule has 2 N–H and O–H groups in total. The highest BCUT2D eigenvalue weighted by Gasteiger charge is 2.06. The predicted octanol–water partition coefficient (Wildman–Crippen LogP) is 1.84. The molecule has 0 aliphatic rings. The second kappa shape index (κ2) is 4.27. The lowest BCUT2D eigenvalue weighted by Gasteiger charge is -2.03. The molecule has 92 valence electrons. The first kappa shape index (κ1) is 11.0. The molecule has 2 aromatic heterocycles. The lowest BCUT2D eigenvalue weighted by Crippen LogP contribution is -2.01. The molecule has 3 aromatic rings. The first-order valence-electron chi connectivity index (χ1n) is 5.83. The van der Waals surface area contributed by atoms with Crippen LogP contribution in [0.3, 0.4) is 0 Å². The molecule has 0 amide bonds. The number of aryl methyl sites for hydroxylation is 1. The predicted molar refractivity (Wildman–Crippen MR) is 68.0 cm³/mol. The number of nitrogens with zero attached hydrogens (tertiary/aromatic N) is 3. The molecule has 0 unspecified atom stereocenters. The van der Waals surface area contributed by atoms with Crippen LogP contribution in [0, 0.1) is 6.92 Å². The maximum absolute atomic E-state index is 5.67. The number of fused-ring (bicyclic) bond motifs is 1. The van der Waals surface area contributed by atoms with Crippen molar-refractivity contribution in [3.8, 4) is 0 Å². The van der Waals surface area contributed by atoms with Crippen molar-refractivity contribution in [2.45, 2.75) is 20.0 Å². The summed E-state index contributed by atoms with van der Waals surface area (Å²) in [5.74, 6) is 1.27. The van der Waals surface area contributed by atoms with E-state index in [4.69, 9.17) is 10.3 Å². The van der Waals surface area contributed by atoms with Crippen molar-refractivity contribution >= 4 is 10.9 Å². The topological polar surface area (TPSA) is 69.9 Å². The highest BCUT2D eigenvalue weighted by Crippen LogP contribution is 2.18. The van der Waals surface area contributed by atoms with Crippen molar-refractivity contribution in [3.63, 3.8) is 0 Å². The number of hydrogen-bond acceptors (Lipinski definition) is 4. The highest BCUT2D eigenvalue weighted by molar-refractivity contribution is 5.80. The fourth-order valence-electron chi connectivity index (χ4n) is 2.05. The third-order valence-electron chi connectivity index (χ3n) is 2.96. The summed E-state index contributed by atoms with van der Waals surface area (Å²) in [4.78, 5) is 4.21. The number of benzene rings is 1. The van der Waals surface area contributed by atoms with E-state index in [2.05, 4.69) is 32.9 Å². The Bertz CT molecular complexity index is 683. The molecule has 0 aliphatic heterocycles. The molecule has 0 saturated heterocycles. The lowest BCUT2D eigenvalue weighted by molar-refractivity contribution is 0.386. The third kappa shape index (κ3) is 1.89. The van der Waals surface area contributed by atoms with Gasteiger partial charge in [-0.05, 0) is 23.1 Å². The van der Waals surface area contributed by atoms with Gasteiger partial charge in [0, 0.05) is 25.2 Å². The quantitative estimate of drug-likeness (QED) is 0.760. The van der Waals surface area contributed by atoms with E-state index in [1.807, 2.05) is 12.3 Å². The molecule has 3 rings (SSSR count). The Morgan fingerprint density at radius 3 is 2.94 bits per heavy atom. The van der Waals surface area contributed by atoms with E-state index in [1.54, 1.807) is 6.92 Å². The van der Waals surface area contributed by atoms with Gasteiger partial charge in [-0.1, -0.05) is 17.3 Å². The zero-order valence-corrected chi connectivity index (χ0v) is 10.1. The minimum Gasteiger partial charge on any atom is -0.340 e. The summed E-state index contributed by atoms with van der Waals surface area (Å²) in [5, 5.41) is 5.10. The molecule has 2 heterocycles. The van der Waals surface area contributed by atoms with Crippen LogP contribution in [0.4, 0.5) is 0 Å². The van der Waals surface area contributed by atoms with Gasteiger partial charge in [0.1, 0.15) is 0 Å². The average Bonchev–Trinajstić information content (AvgIpc) is 2.96. The third-order valence-corrected chi connectivity index (χ3v) is 2.96. The van der Waals surface area contributed by atoms with Crippen molar-refractivity contribution < 1.29 is 4.52 Å². The van der Waals surface area contributed by atoms with Crippen LogP contribution >= 0.6 is 0 Å². The fourth-order valence-corrected chi connectivity index (χ4v) is 2.05. The standard InChI is InChI=1S/C13H14N4O/c1-9-15-13(16-18-9)8-17-5-4-11-3-2-10(7-14)6-12(11)17/h2-6H,7-8,14H2,1H3. The summed E-state index contributed by atoms with van der Waals surface area (Å²) < 4.78 is 7.07. The van der Waals surface area contributed by atoms with Crippen molar-refractivity contribution in [3.05, 3.63) is 47.7 Å². The molecular formula is C13H14N4O. The smallest absolute Gasteiger partial charge is 0.223 e. The van der Waals surface area contributed by atoms with Crippen LogP contribution in [0.2, 0.25) is 0 Å². The second-order valence-electron chi connectivity index (χ2n) is 4.27. The summed E-state index contributed by atoms with van der Waals surface area (Å²) in [5.41, 5.74) is 7.92. The van der Waals surface area contributed by atoms with Gasteiger partial charge in [-0.2, -0.15) is 4.98 Å². The largest absolute Gasteiger partial charge is 0.340 e. The monoisotopic (exact) mass is 242 g/mol. The van der Waals surface area contributed by atoms with Gasteiger partial charge in [0.25, 0.3) is 0 Å². The second-order valence-corrected chi connectivity index (χ2v) is 4.27. The van der Waals surface area contributed by atoms with E-state index in [0.29, 0.717) is 24.8 Å². The van der Waals surface area contributed by atoms with Gasteiger partial charge in [-0.25, -0.2) is 0 Å². The molecule has 1 aromatic carbocycles. The minimum atomic E-state index is 0.544. The Hall–Kier alpha value is -2.14. The Labute approximate surface area is 104 Å². The number of aromatic nitrogens is 3. The molecular weight excluding hydrogens is 228 g/mol. The van der Waals surface area contributed by atoms with E-state index in [9.17, 15) is 0 Å². The molecule has 0 atom stereocenters. The Morgan fingerprint density at radius 1 is 1.33 bits per heavy atom. The molecule has 0 bridgehead atoms. The van der Waals surface area contributed by atoms with Crippen molar-refractivity contribution in [2.75, 3.05) is 0 Å². The van der Waals surface area contributed by atoms with E-state index >= 15 is 0 Å². The first-order valence-corrected chi connectivity index (χ1v) is 5.83. The Balaban J connectivity index is 2.01. The zero-order valence-electron chi connectivity index (χ0n) is 10.1. The molecule has 0 radical (unpaired) electrons. The molecule has 5 nitrogen and oxygen atoms in total. The van der Waals surface area contributed by atoms with Gasteiger partial charge in [0.05, 0.1) is 6.54 Å². The number of nitrogens with two attached hydrogens (primary N) is 1. The van der Waals surface area contributed by atoms with E-state index in [-0.39, 0.29) is 0 Å². The molecule has 0 saturated carbocycles. The minimum absolute atomic E-state index is 0.544.